The van der Waals surface area contributed by atoms with Gasteiger partial charge in [-0.25, -0.2) is 0 Å². The number of aliphatic hydroxyl groups excluding tert-OH is 1. The van der Waals surface area contributed by atoms with Gasteiger partial charge in [-0.3, -0.25) is 9.59 Å². The molecule has 39 heavy (non-hydrogen) atoms. The first-order chi connectivity index (χ1) is 18.4. The Hall–Kier alpha value is -2.30. The Bertz CT molecular complexity index is 970. The van der Waals surface area contributed by atoms with E-state index in [1.165, 1.54) is 13.0 Å². The Labute approximate surface area is 232 Å². The summed E-state index contributed by atoms with van der Waals surface area (Å²) in [6.07, 6.45) is 10.6. The molecule has 0 aromatic rings. The molecule has 3 saturated heterocycles. The predicted molar refractivity (Wildman–Crippen MR) is 147 cm³/mol. The monoisotopic (exact) mass is 547 g/mol. The maximum atomic E-state index is 12.4. The average Bonchev–Trinajstić information content (AvgIpc) is 3.63. The summed E-state index contributed by atoms with van der Waals surface area (Å²) >= 11 is 0. The lowest BCUT2D eigenvalue weighted by Crippen LogP contribution is -2.56. The Balaban J connectivity index is 1.51. The van der Waals surface area contributed by atoms with E-state index in [1.54, 1.807) is 19.1 Å². The number of amides is 1. The molecule has 0 saturated carbocycles. The van der Waals surface area contributed by atoms with E-state index >= 15 is 0 Å². The van der Waals surface area contributed by atoms with Gasteiger partial charge >= 0.3 is 5.97 Å². The Morgan fingerprint density at radius 2 is 1.97 bits per heavy atom. The number of rotatable bonds is 11. The molecule has 0 bridgehead atoms. The van der Waals surface area contributed by atoms with Gasteiger partial charge in [0.05, 0.1) is 31.5 Å². The van der Waals surface area contributed by atoms with Gasteiger partial charge in [0.25, 0.3) is 0 Å². The van der Waals surface area contributed by atoms with Crippen LogP contribution in [0.2, 0.25) is 0 Å². The highest BCUT2D eigenvalue weighted by Gasteiger charge is 2.62. The van der Waals surface area contributed by atoms with Crippen molar-refractivity contribution in [2.75, 3.05) is 13.2 Å². The summed E-state index contributed by atoms with van der Waals surface area (Å²) in [6.45, 7) is 15.5. The van der Waals surface area contributed by atoms with Crippen LogP contribution >= 0.6 is 0 Å². The molecule has 0 aromatic heterocycles. The molecule has 3 fully saturated rings. The van der Waals surface area contributed by atoms with E-state index < -0.39 is 29.7 Å². The van der Waals surface area contributed by atoms with E-state index in [-0.39, 0.29) is 36.0 Å². The van der Waals surface area contributed by atoms with E-state index in [2.05, 4.69) is 24.9 Å². The number of epoxide rings is 1. The number of carbonyl (C=O) groups excluding carboxylic acids is 2. The SMILES string of the molecule is C=CCO[C@]1(C)C[C@@]2(CO2)[C@H](O)[C@@H](/C=C/C(C)=C/C[C@@H]2O[C@H](C)[C@H](NC(=O)/C=C\[C@H](C)OC(C)=O)C[C@@H]2C)O1. The molecule has 3 aliphatic rings. The van der Waals surface area contributed by atoms with Gasteiger partial charge in [0.1, 0.15) is 23.9 Å². The smallest absolute Gasteiger partial charge is 0.303 e. The van der Waals surface area contributed by atoms with E-state index in [1.807, 2.05) is 32.9 Å². The molecule has 9 atom stereocenters. The lowest BCUT2D eigenvalue weighted by molar-refractivity contribution is -0.291. The summed E-state index contributed by atoms with van der Waals surface area (Å²) < 4.78 is 28.9. The molecule has 0 radical (unpaired) electrons. The molecule has 9 nitrogen and oxygen atoms in total. The van der Waals surface area contributed by atoms with Crippen molar-refractivity contribution in [2.24, 2.45) is 5.92 Å². The number of hydrogen-bond donors (Lipinski definition) is 2. The van der Waals surface area contributed by atoms with Crippen LogP contribution in [0.25, 0.3) is 0 Å². The molecule has 0 aromatic carbocycles. The zero-order valence-corrected chi connectivity index (χ0v) is 24.1. The molecule has 3 aliphatic heterocycles. The number of esters is 1. The second-order valence-corrected chi connectivity index (χ2v) is 11.2. The largest absolute Gasteiger partial charge is 0.459 e. The number of ether oxygens (including phenoxy) is 5. The van der Waals surface area contributed by atoms with Crippen LogP contribution < -0.4 is 5.32 Å². The average molecular weight is 548 g/mol. The highest BCUT2D eigenvalue weighted by molar-refractivity contribution is 5.87. The minimum Gasteiger partial charge on any atom is -0.459 e. The molecule has 9 heteroatoms. The van der Waals surface area contributed by atoms with Crippen LogP contribution in [0.15, 0.2) is 48.6 Å². The fourth-order valence-electron chi connectivity index (χ4n) is 5.26. The van der Waals surface area contributed by atoms with Gasteiger partial charge in [-0.15, -0.1) is 6.58 Å². The molecule has 0 aliphatic carbocycles. The Morgan fingerprint density at radius 3 is 2.62 bits per heavy atom. The number of allylic oxidation sites excluding steroid dienone is 2. The first-order valence-corrected chi connectivity index (χ1v) is 13.8. The van der Waals surface area contributed by atoms with E-state index in [0.29, 0.717) is 19.6 Å². The molecule has 0 unspecified atom stereocenters. The summed E-state index contributed by atoms with van der Waals surface area (Å²) in [4.78, 5) is 23.4. The molecule has 218 valence electrons. The second kappa shape index (κ2) is 13.4. The topological polar surface area (TPSA) is 116 Å². The number of aliphatic hydroxyl groups is 1. The van der Waals surface area contributed by atoms with Gasteiger partial charge < -0.3 is 34.1 Å². The minimum atomic E-state index is -0.861. The fourth-order valence-corrected chi connectivity index (χ4v) is 5.26. The summed E-state index contributed by atoms with van der Waals surface area (Å²) in [5.74, 6) is -1.25. The number of nitrogens with one attached hydrogen (secondary N) is 1. The van der Waals surface area contributed by atoms with Gasteiger partial charge in [0.15, 0.2) is 5.79 Å². The number of carbonyl (C=O) groups is 2. The quantitative estimate of drug-likeness (QED) is 0.133. The van der Waals surface area contributed by atoms with Crippen LogP contribution in [-0.2, 0) is 33.3 Å². The van der Waals surface area contributed by atoms with Gasteiger partial charge in [0.2, 0.25) is 5.91 Å². The van der Waals surface area contributed by atoms with Crippen molar-refractivity contribution >= 4 is 11.9 Å². The summed E-state index contributed by atoms with van der Waals surface area (Å²) in [7, 11) is 0. The molecular weight excluding hydrogens is 502 g/mol. The van der Waals surface area contributed by atoms with Gasteiger partial charge in [-0.05, 0) is 52.5 Å². The van der Waals surface area contributed by atoms with E-state index in [4.69, 9.17) is 23.7 Å². The maximum Gasteiger partial charge on any atom is 0.303 e. The van der Waals surface area contributed by atoms with Gasteiger partial charge in [0, 0.05) is 19.4 Å². The summed E-state index contributed by atoms with van der Waals surface area (Å²) in [6, 6.07) is -0.109. The Morgan fingerprint density at radius 1 is 1.26 bits per heavy atom. The van der Waals surface area contributed by atoms with Crippen LogP contribution in [0.3, 0.4) is 0 Å². The molecular formula is C30H45NO8. The van der Waals surface area contributed by atoms with Crippen molar-refractivity contribution in [1.82, 2.24) is 5.32 Å². The van der Waals surface area contributed by atoms with Crippen molar-refractivity contribution in [1.29, 1.82) is 0 Å². The molecule has 1 spiro atoms. The van der Waals surface area contributed by atoms with Gasteiger partial charge in [-0.2, -0.15) is 0 Å². The zero-order chi connectivity index (χ0) is 28.8. The maximum absolute atomic E-state index is 12.4. The van der Waals surface area contributed by atoms with Crippen molar-refractivity contribution < 1.29 is 38.4 Å². The molecule has 2 N–H and O–H groups in total. The number of hydrogen-bond acceptors (Lipinski definition) is 8. The van der Waals surface area contributed by atoms with E-state index in [0.717, 1.165) is 18.4 Å². The van der Waals surface area contributed by atoms with Crippen LogP contribution in [0.5, 0.6) is 0 Å². The van der Waals surface area contributed by atoms with Crippen molar-refractivity contribution in [3.05, 3.63) is 48.6 Å². The molecule has 3 heterocycles. The van der Waals surface area contributed by atoms with Crippen LogP contribution in [0, 0.1) is 5.92 Å². The minimum absolute atomic E-state index is 0.0197. The predicted octanol–water partition coefficient (Wildman–Crippen LogP) is 3.52. The van der Waals surface area contributed by atoms with Crippen molar-refractivity contribution in [2.45, 2.75) is 109 Å². The third-order valence-electron chi connectivity index (χ3n) is 7.51. The molecule has 1 amide bonds. The van der Waals surface area contributed by atoms with E-state index in [9.17, 15) is 14.7 Å². The molecule has 3 rings (SSSR count). The third kappa shape index (κ3) is 8.85. The second-order valence-electron chi connectivity index (χ2n) is 11.2. The third-order valence-corrected chi connectivity index (χ3v) is 7.51. The summed E-state index contributed by atoms with van der Waals surface area (Å²) in [5.41, 5.74) is 0.409. The first-order valence-electron chi connectivity index (χ1n) is 13.8. The zero-order valence-electron chi connectivity index (χ0n) is 24.1. The summed E-state index contributed by atoms with van der Waals surface area (Å²) in [5, 5.41) is 13.8. The lowest BCUT2D eigenvalue weighted by Gasteiger charge is -2.43. The normalized spacial score (nSPS) is 37.7. The van der Waals surface area contributed by atoms with Crippen molar-refractivity contribution in [3.8, 4) is 0 Å². The standard InChI is InChI=1S/C30H45NO8/c1-8-15-35-29(7)17-30(18-36-30)28(34)26(39-29)13-10-19(2)9-12-25-20(3)16-24(22(5)38-25)31-27(33)14-11-21(4)37-23(6)32/h8-11,13-14,20-22,24-26,28,34H,1,12,15-18H2,2-7H3,(H,31,33)/b13-10+,14-11-,19-9+/t20-,21-,22+,24+,25-,26+,28+,29-,30+/m0/s1. The Kier molecular flexibility index (Phi) is 10.7. The van der Waals surface area contributed by atoms with Crippen LogP contribution in [0.1, 0.15) is 60.8 Å². The fraction of sp³-hybridized carbons (Fsp3) is 0.667. The lowest BCUT2D eigenvalue weighted by atomic mass is 9.87. The van der Waals surface area contributed by atoms with Crippen molar-refractivity contribution in [3.63, 3.8) is 0 Å². The van der Waals surface area contributed by atoms with Crippen LogP contribution in [0.4, 0.5) is 0 Å². The highest BCUT2D eigenvalue weighted by atomic mass is 16.7. The highest BCUT2D eigenvalue weighted by Crippen LogP contribution is 2.47. The van der Waals surface area contributed by atoms with Crippen LogP contribution in [-0.4, -0.2) is 78.1 Å². The first kappa shape index (κ1) is 31.2. The van der Waals surface area contributed by atoms with Gasteiger partial charge in [-0.1, -0.05) is 36.8 Å².